The number of carbonyl (C=O) groups is 1. The molecule has 0 saturated heterocycles. The molecular formula is C13H18BrNO2S. The van der Waals surface area contributed by atoms with Crippen LogP contribution in [0.15, 0.2) is 15.9 Å². The number of rotatable bonds is 7. The Morgan fingerprint density at radius 3 is 3.00 bits per heavy atom. The van der Waals surface area contributed by atoms with E-state index in [4.69, 9.17) is 4.74 Å². The van der Waals surface area contributed by atoms with Crippen LogP contribution in [0.25, 0.3) is 0 Å². The number of carbonyl (C=O) groups excluding carboxylic acids is 1. The molecule has 1 saturated carbocycles. The molecule has 1 aromatic rings. The first kappa shape index (κ1) is 14.0. The predicted molar refractivity (Wildman–Crippen MR) is 77.1 cm³/mol. The monoisotopic (exact) mass is 331 g/mol. The number of hydrogen-bond acceptors (Lipinski definition) is 3. The average Bonchev–Trinajstić information content (AvgIpc) is 3.08. The van der Waals surface area contributed by atoms with Crippen LogP contribution in [0.3, 0.4) is 0 Å². The van der Waals surface area contributed by atoms with Crippen molar-refractivity contribution in [1.29, 1.82) is 0 Å². The molecule has 2 rings (SSSR count). The molecule has 0 bridgehead atoms. The Bertz CT molecular complexity index is 403. The van der Waals surface area contributed by atoms with E-state index in [1.165, 1.54) is 24.2 Å². The molecule has 100 valence electrons. The number of nitrogens with one attached hydrogen (secondary N) is 1. The highest BCUT2D eigenvalue weighted by Crippen LogP contribution is 2.28. The lowest BCUT2D eigenvalue weighted by molar-refractivity contribution is 0.0811. The summed E-state index contributed by atoms with van der Waals surface area (Å²) in [7, 11) is 0. The molecule has 1 N–H and O–H groups in total. The van der Waals surface area contributed by atoms with Gasteiger partial charge in [-0.3, -0.25) is 4.79 Å². The predicted octanol–water partition coefficient (Wildman–Crippen LogP) is 3.45. The van der Waals surface area contributed by atoms with Gasteiger partial charge in [0.1, 0.15) is 0 Å². The summed E-state index contributed by atoms with van der Waals surface area (Å²) in [6.45, 7) is 3.53. The number of amides is 1. The van der Waals surface area contributed by atoms with E-state index in [1.807, 2.05) is 11.4 Å². The van der Waals surface area contributed by atoms with Crippen LogP contribution in [0.2, 0.25) is 0 Å². The maximum absolute atomic E-state index is 12.0. The zero-order chi connectivity index (χ0) is 13.0. The van der Waals surface area contributed by atoms with Crippen LogP contribution in [-0.4, -0.2) is 25.2 Å². The topological polar surface area (TPSA) is 38.3 Å². The fourth-order valence-corrected chi connectivity index (χ4v) is 2.94. The first-order valence-electron chi connectivity index (χ1n) is 6.31. The smallest absolute Gasteiger partial charge is 0.261 e. The highest BCUT2D eigenvalue weighted by atomic mass is 79.9. The summed E-state index contributed by atoms with van der Waals surface area (Å²) in [6, 6.07) is 1.95. The van der Waals surface area contributed by atoms with Gasteiger partial charge in [0.25, 0.3) is 5.91 Å². The van der Waals surface area contributed by atoms with Crippen molar-refractivity contribution in [3.8, 4) is 0 Å². The molecule has 1 atom stereocenters. The van der Waals surface area contributed by atoms with Gasteiger partial charge in [-0.15, -0.1) is 11.3 Å². The standard InChI is InChI=1S/C13H18BrNO2S/c1-2-11(7-17-6-9-3-4-9)15-13(16)12-5-10(14)8-18-12/h5,8-9,11H,2-4,6-7H2,1H3,(H,15,16). The molecule has 1 unspecified atom stereocenters. The van der Waals surface area contributed by atoms with E-state index in [9.17, 15) is 4.79 Å². The lowest BCUT2D eigenvalue weighted by atomic mass is 10.2. The summed E-state index contributed by atoms with van der Waals surface area (Å²) < 4.78 is 6.59. The fraction of sp³-hybridized carbons (Fsp3) is 0.615. The molecule has 1 aliphatic carbocycles. The number of ether oxygens (including phenoxy) is 1. The number of hydrogen-bond donors (Lipinski definition) is 1. The molecular weight excluding hydrogens is 314 g/mol. The first-order chi connectivity index (χ1) is 8.69. The Morgan fingerprint density at radius 1 is 1.67 bits per heavy atom. The Morgan fingerprint density at radius 2 is 2.44 bits per heavy atom. The van der Waals surface area contributed by atoms with Crippen molar-refractivity contribution in [2.45, 2.75) is 32.2 Å². The van der Waals surface area contributed by atoms with E-state index in [2.05, 4.69) is 28.2 Å². The van der Waals surface area contributed by atoms with E-state index in [0.717, 1.165) is 28.3 Å². The van der Waals surface area contributed by atoms with Crippen LogP contribution in [0, 0.1) is 5.92 Å². The van der Waals surface area contributed by atoms with Gasteiger partial charge in [-0.25, -0.2) is 0 Å². The first-order valence-corrected chi connectivity index (χ1v) is 7.99. The molecule has 0 aromatic carbocycles. The van der Waals surface area contributed by atoms with E-state index >= 15 is 0 Å². The van der Waals surface area contributed by atoms with Gasteiger partial charge in [0.2, 0.25) is 0 Å². The molecule has 1 amide bonds. The molecule has 0 spiro atoms. The zero-order valence-corrected chi connectivity index (χ0v) is 12.9. The quantitative estimate of drug-likeness (QED) is 0.831. The second-order valence-corrected chi connectivity index (χ2v) is 6.52. The van der Waals surface area contributed by atoms with Crippen molar-refractivity contribution in [2.75, 3.05) is 13.2 Å². The second kappa shape index (κ2) is 6.68. The third kappa shape index (κ3) is 4.37. The maximum atomic E-state index is 12.0. The van der Waals surface area contributed by atoms with Gasteiger partial charge in [-0.05, 0) is 47.2 Å². The third-order valence-corrected chi connectivity index (χ3v) is 4.68. The van der Waals surface area contributed by atoms with E-state index in [1.54, 1.807) is 0 Å². The van der Waals surface area contributed by atoms with Crippen molar-refractivity contribution in [3.63, 3.8) is 0 Å². The summed E-state index contributed by atoms with van der Waals surface area (Å²) in [5.74, 6) is 0.763. The summed E-state index contributed by atoms with van der Waals surface area (Å²) in [5, 5.41) is 4.93. The average molecular weight is 332 g/mol. The minimum absolute atomic E-state index is 0.00688. The van der Waals surface area contributed by atoms with E-state index in [-0.39, 0.29) is 11.9 Å². The summed E-state index contributed by atoms with van der Waals surface area (Å²) in [6.07, 6.45) is 3.49. The molecule has 1 heterocycles. The Labute approximate surface area is 120 Å². The maximum Gasteiger partial charge on any atom is 0.261 e. The lowest BCUT2D eigenvalue weighted by Crippen LogP contribution is -2.37. The summed E-state index contributed by atoms with van der Waals surface area (Å²) in [5.41, 5.74) is 0. The van der Waals surface area contributed by atoms with Crippen LogP contribution in [0.5, 0.6) is 0 Å². The van der Waals surface area contributed by atoms with Gasteiger partial charge in [-0.1, -0.05) is 6.92 Å². The van der Waals surface area contributed by atoms with Gasteiger partial charge < -0.3 is 10.1 Å². The molecule has 0 aliphatic heterocycles. The summed E-state index contributed by atoms with van der Waals surface area (Å²) in [4.78, 5) is 12.7. The normalized spacial score (nSPS) is 16.6. The van der Waals surface area contributed by atoms with E-state index in [0.29, 0.717) is 6.61 Å². The van der Waals surface area contributed by atoms with Crippen molar-refractivity contribution >= 4 is 33.2 Å². The SMILES string of the molecule is CCC(COCC1CC1)NC(=O)c1cc(Br)cs1. The second-order valence-electron chi connectivity index (χ2n) is 4.69. The molecule has 5 heteroatoms. The molecule has 18 heavy (non-hydrogen) atoms. The summed E-state index contributed by atoms with van der Waals surface area (Å²) >= 11 is 4.80. The van der Waals surface area contributed by atoms with Crippen LogP contribution in [0.4, 0.5) is 0 Å². The third-order valence-electron chi connectivity index (χ3n) is 2.99. The zero-order valence-electron chi connectivity index (χ0n) is 10.4. The Balaban J connectivity index is 1.75. The highest BCUT2D eigenvalue weighted by molar-refractivity contribution is 9.10. The highest BCUT2D eigenvalue weighted by Gasteiger charge is 2.22. The van der Waals surface area contributed by atoms with Gasteiger partial charge in [0.05, 0.1) is 17.5 Å². The van der Waals surface area contributed by atoms with Gasteiger partial charge >= 0.3 is 0 Å². The fourth-order valence-electron chi connectivity index (χ4n) is 1.61. The van der Waals surface area contributed by atoms with E-state index < -0.39 is 0 Å². The van der Waals surface area contributed by atoms with Crippen LogP contribution >= 0.6 is 27.3 Å². The molecule has 3 nitrogen and oxygen atoms in total. The van der Waals surface area contributed by atoms with Crippen molar-refractivity contribution in [2.24, 2.45) is 5.92 Å². The van der Waals surface area contributed by atoms with Crippen LogP contribution in [-0.2, 0) is 4.74 Å². The van der Waals surface area contributed by atoms with Crippen molar-refractivity contribution in [3.05, 3.63) is 20.8 Å². The van der Waals surface area contributed by atoms with Gasteiger partial charge in [0.15, 0.2) is 0 Å². The van der Waals surface area contributed by atoms with Gasteiger partial charge in [0, 0.05) is 16.5 Å². The molecule has 1 fully saturated rings. The van der Waals surface area contributed by atoms with Crippen LogP contribution < -0.4 is 5.32 Å². The molecule has 1 aromatic heterocycles. The number of thiophene rings is 1. The van der Waals surface area contributed by atoms with Gasteiger partial charge in [-0.2, -0.15) is 0 Å². The minimum atomic E-state index is -0.00688. The Kier molecular flexibility index (Phi) is 5.21. The number of halogens is 1. The van der Waals surface area contributed by atoms with Crippen molar-refractivity contribution in [1.82, 2.24) is 5.32 Å². The lowest BCUT2D eigenvalue weighted by Gasteiger charge is -2.16. The molecule has 1 aliphatic rings. The van der Waals surface area contributed by atoms with Crippen molar-refractivity contribution < 1.29 is 9.53 Å². The largest absolute Gasteiger partial charge is 0.379 e. The minimum Gasteiger partial charge on any atom is -0.379 e. The Hall–Kier alpha value is -0.390. The van der Waals surface area contributed by atoms with Crippen LogP contribution in [0.1, 0.15) is 35.9 Å². The molecule has 0 radical (unpaired) electrons.